The van der Waals surface area contributed by atoms with Crippen molar-refractivity contribution in [2.24, 2.45) is 0 Å². The highest BCUT2D eigenvalue weighted by atomic mass is 19.4. The number of nitrogens with zero attached hydrogens (tertiary/aromatic N) is 4. The number of ether oxygens (including phenoxy) is 1. The highest BCUT2D eigenvalue weighted by Crippen LogP contribution is 2.30. The Hall–Kier alpha value is -3.94. The van der Waals surface area contributed by atoms with E-state index in [1.54, 1.807) is 4.57 Å². The van der Waals surface area contributed by atoms with Crippen LogP contribution in [0.5, 0.6) is 5.75 Å². The number of alkyl halides is 3. The van der Waals surface area contributed by atoms with E-state index in [1.165, 1.54) is 24.3 Å². The molecule has 0 atom stereocenters. The predicted molar refractivity (Wildman–Crippen MR) is 106 cm³/mol. The first-order chi connectivity index (χ1) is 14.5. The number of hydrogen-bond acceptors (Lipinski definition) is 4. The summed E-state index contributed by atoms with van der Waals surface area (Å²) >= 11 is 0. The van der Waals surface area contributed by atoms with Gasteiger partial charge >= 0.3 is 6.36 Å². The summed E-state index contributed by atoms with van der Waals surface area (Å²) in [6.45, 7) is 0. The molecule has 2 aromatic heterocycles. The van der Waals surface area contributed by atoms with Gasteiger partial charge in [0, 0.05) is 11.3 Å². The molecular weight excluding hydrogens is 393 g/mol. The van der Waals surface area contributed by atoms with Gasteiger partial charge in [0.15, 0.2) is 11.3 Å². The molecule has 0 aliphatic rings. The van der Waals surface area contributed by atoms with Gasteiger partial charge in [0.2, 0.25) is 0 Å². The second-order valence-corrected chi connectivity index (χ2v) is 6.54. The van der Waals surface area contributed by atoms with Crippen LogP contribution in [0.3, 0.4) is 0 Å². The second kappa shape index (κ2) is 6.84. The number of hydrogen-bond donors (Lipinski definition) is 0. The van der Waals surface area contributed by atoms with Crippen LogP contribution in [0.4, 0.5) is 13.2 Å². The van der Waals surface area contributed by atoms with Crippen LogP contribution in [0.15, 0.2) is 78.9 Å². The molecule has 0 radical (unpaired) electrons. The molecule has 0 fully saturated rings. The van der Waals surface area contributed by atoms with Crippen LogP contribution in [0.2, 0.25) is 0 Å². The van der Waals surface area contributed by atoms with Crippen molar-refractivity contribution in [3.63, 3.8) is 0 Å². The van der Waals surface area contributed by atoms with Crippen molar-refractivity contribution in [2.45, 2.75) is 6.36 Å². The minimum Gasteiger partial charge on any atom is -0.406 e. The molecule has 0 spiro atoms. The van der Waals surface area contributed by atoms with Crippen LogP contribution in [0.25, 0.3) is 39.4 Å². The molecule has 0 unspecified atom stereocenters. The molecular formula is C22H13F3N4O. The number of benzene rings is 3. The van der Waals surface area contributed by atoms with E-state index in [2.05, 4.69) is 14.7 Å². The summed E-state index contributed by atoms with van der Waals surface area (Å²) < 4.78 is 43.3. The summed E-state index contributed by atoms with van der Waals surface area (Å²) in [7, 11) is 0. The fourth-order valence-electron chi connectivity index (χ4n) is 3.28. The van der Waals surface area contributed by atoms with Crippen molar-refractivity contribution in [1.82, 2.24) is 19.5 Å². The van der Waals surface area contributed by atoms with Gasteiger partial charge in [0.1, 0.15) is 11.6 Å². The zero-order valence-corrected chi connectivity index (χ0v) is 15.3. The van der Waals surface area contributed by atoms with Gasteiger partial charge in [-0.2, -0.15) is 0 Å². The van der Waals surface area contributed by atoms with Gasteiger partial charge in [0.05, 0.1) is 11.0 Å². The molecule has 0 aliphatic heterocycles. The van der Waals surface area contributed by atoms with E-state index in [4.69, 9.17) is 4.98 Å². The molecule has 2 heterocycles. The molecule has 8 heteroatoms. The van der Waals surface area contributed by atoms with Gasteiger partial charge in [0.25, 0.3) is 0 Å². The monoisotopic (exact) mass is 406 g/mol. The number of fused-ring (bicyclic) bond motifs is 2. The Labute approximate surface area is 168 Å². The second-order valence-electron chi connectivity index (χ2n) is 6.54. The Bertz CT molecular complexity index is 1350. The summed E-state index contributed by atoms with van der Waals surface area (Å²) in [4.78, 5) is 14.0. The lowest BCUT2D eigenvalue weighted by atomic mass is 10.2. The van der Waals surface area contributed by atoms with Crippen LogP contribution in [0, 0.1) is 0 Å². The molecule has 3 aromatic carbocycles. The minimum atomic E-state index is -4.75. The summed E-state index contributed by atoms with van der Waals surface area (Å²) in [6, 6.07) is 22.5. The van der Waals surface area contributed by atoms with E-state index in [0.29, 0.717) is 33.8 Å². The van der Waals surface area contributed by atoms with Crippen LogP contribution in [-0.4, -0.2) is 25.9 Å². The zero-order chi connectivity index (χ0) is 20.7. The van der Waals surface area contributed by atoms with Gasteiger partial charge in [-0.25, -0.2) is 15.0 Å². The smallest absolute Gasteiger partial charge is 0.406 e. The van der Waals surface area contributed by atoms with E-state index < -0.39 is 6.36 Å². The summed E-state index contributed by atoms with van der Waals surface area (Å²) in [5.41, 5.74) is 3.79. The summed E-state index contributed by atoms with van der Waals surface area (Å²) in [5.74, 6) is 0.291. The Morgan fingerprint density at radius 1 is 0.700 bits per heavy atom. The average molecular weight is 406 g/mol. The summed E-state index contributed by atoms with van der Waals surface area (Å²) in [5, 5.41) is 0. The quantitative estimate of drug-likeness (QED) is 0.395. The molecule has 148 valence electrons. The lowest BCUT2D eigenvalue weighted by Crippen LogP contribution is -2.17. The molecule has 0 saturated heterocycles. The fraction of sp³-hybridized carbons (Fsp3) is 0.0455. The van der Waals surface area contributed by atoms with Crippen LogP contribution in [0.1, 0.15) is 0 Å². The van der Waals surface area contributed by atoms with Crippen molar-refractivity contribution in [2.75, 3.05) is 0 Å². The molecule has 0 bridgehead atoms. The first kappa shape index (κ1) is 18.1. The van der Waals surface area contributed by atoms with E-state index in [9.17, 15) is 13.2 Å². The maximum Gasteiger partial charge on any atom is 0.573 e. The standard InChI is InChI=1S/C22H13F3N4O/c23-22(24,25)30-16-12-10-15(11-13-16)29-20(14-6-2-1-3-7-14)28-19-21(29)27-18-9-5-4-8-17(18)26-19/h1-13H. The highest BCUT2D eigenvalue weighted by Gasteiger charge is 2.31. The molecule has 0 N–H and O–H groups in total. The minimum absolute atomic E-state index is 0.298. The van der Waals surface area contributed by atoms with Gasteiger partial charge < -0.3 is 4.74 Å². The van der Waals surface area contributed by atoms with Crippen molar-refractivity contribution >= 4 is 22.3 Å². The predicted octanol–water partition coefficient (Wildman–Crippen LogP) is 5.53. The third-order valence-corrected chi connectivity index (χ3v) is 4.53. The topological polar surface area (TPSA) is 52.8 Å². The first-order valence-corrected chi connectivity index (χ1v) is 9.05. The van der Waals surface area contributed by atoms with Crippen molar-refractivity contribution < 1.29 is 17.9 Å². The zero-order valence-electron chi connectivity index (χ0n) is 15.3. The van der Waals surface area contributed by atoms with Gasteiger partial charge in [-0.15, -0.1) is 13.2 Å². The fourth-order valence-corrected chi connectivity index (χ4v) is 3.28. The van der Waals surface area contributed by atoms with E-state index >= 15 is 0 Å². The maximum absolute atomic E-state index is 12.5. The average Bonchev–Trinajstić information content (AvgIpc) is 3.10. The normalized spacial score (nSPS) is 11.8. The molecule has 0 amide bonds. The molecule has 5 nitrogen and oxygen atoms in total. The lowest BCUT2D eigenvalue weighted by molar-refractivity contribution is -0.274. The molecule has 5 aromatic rings. The molecule has 30 heavy (non-hydrogen) atoms. The van der Waals surface area contributed by atoms with E-state index in [-0.39, 0.29) is 5.75 Å². The van der Waals surface area contributed by atoms with Gasteiger partial charge in [-0.3, -0.25) is 4.57 Å². The largest absolute Gasteiger partial charge is 0.573 e. The SMILES string of the molecule is FC(F)(F)Oc1ccc(-n2c(-c3ccccc3)nc3nc4ccccc4nc32)cc1. The van der Waals surface area contributed by atoms with Crippen LogP contribution >= 0.6 is 0 Å². The molecule has 0 saturated carbocycles. The first-order valence-electron chi connectivity index (χ1n) is 9.05. The Morgan fingerprint density at radius 2 is 1.33 bits per heavy atom. The third kappa shape index (κ3) is 3.32. The van der Waals surface area contributed by atoms with Crippen molar-refractivity contribution in [3.8, 4) is 22.8 Å². The van der Waals surface area contributed by atoms with Crippen molar-refractivity contribution in [1.29, 1.82) is 0 Å². The van der Waals surface area contributed by atoms with Crippen LogP contribution < -0.4 is 4.74 Å². The van der Waals surface area contributed by atoms with E-state index in [1.807, 2.05) is 54.6 Å². The lowest BCUT2D eigenvalue weighted by Gasteiger charge is -2.12. The molecule has 0 aliphatic carbocycles. The number of imidazole rings is 1. The Morgan fingerprint density at radius 3 is 2.00 bits per heavy atom. The number of rotatable bonds is 3. The van der Waals surface area contributed by atoms with Crippen LogP contribution in [-0.2, 0) is 0 Å². The van der Waals surface area contributed by atoms with Gasteiger partial charge in [-0.1, -0.05) is 42.5 Å². The number of para-hydroxylation sites is 2. The van der Waals surface area contributed by atoms with Crippen molar-refractivity contribution in [3.05, 3.63) is 78.9 Å². The molecule has 5 rings (SSSR count). The number of halogens is 3. The highest BCUT2D eigenvalue weighted by molar-refractivity contribution is 5.86. The van der Waals surface area contributed by atoms with Gasteiger partial charge in [-0.05, 0) is 36.4 Å². The number of aromatic nitrogens is 4. The van der Waals surface area contributed by atoms with E-state index in [0.717, 1.165) is 5.56 Å². The third-order valence-electron chi connectivity index (χ3n) is 4.53. The Balaban J connectivity index is 1.73. The summed E-state index contributed by atoms with van der Waals surface area (Å²) in [6.07, 6.45) is -4.75. The Kier molecular flexibility index (Phi) is 4.13. The maximum atomic E-state index is 12.5.